The van der Waals surface area contributed by atoms with E-state index in [4.69, 9.17) is 9.15 Å². The Morgan fingerprint density at radius 3 is 2.95 bits per heavy atom. The van der Waals surface area contributed by atoms with E-state index in [0.717, 1.165) is 5.56 Å². The third kappa shape index (κ3) is 3.32. The molecule has 1 aromatic heterocycles. The van der Waals surface area contributed by atoms with Crippen molar-refractivity contribution in [2.75, 3.05) is 19.7 Å². The Morgan fingerprint density at radius 1 is 1.36 bits per heavy atom. The van der Waals surface area contributed by atoms with Crippen LogP contribution in [0.2, 0.25) is 0 Å². The predicted octanol–water partition coefficient (Wildman–Crippen LogP) is 2.90. The van der Waals surface area contributed by atoms with Gasteiger partial charge in [0, 0.05) is 13.1 Å². The number of benzene rings is 1. The number of nitro groups is 1. The topological polar surface area (TPSA) is 68.8 Å². The minimum atomic E-state index is -0.557. The molecule has 7 heteroatoms. The van der Waals surface area contributed by atoms with E-state index in [9.17, 15) is 14.5 Å². The molecule has 0 spiro atoms. The van der Waals surface area contributed by atoms with Crippen LogP contribution in [-0.2, 0) is 11.3 Å². The van der Waals surface area contributed by atoms with Gasteiger partial charge in [0.25, 0.3) is 0 Å². The summed E-state index contributed by atoms with van der Waals surface area (Å²) in [5, 5.41) is 10.6. The smallest absolute Gasteiger partial charge is 0.404 e. The van der Waals surface area contributed by atoms with Gasteiger partial charge in [-0.1, -0.05) is 12.1 Å². The van der Waals surface area contributed by atoms with Crippen molar-refractivity contribution in [3.8, 4) is 0 Å². The standard InChI is InChI=1S/C15H15FN2O4/c16-12-3-1-2-11(8-12)14-10-17(6-7-21-14)9-13-4-5-15(22-13)18(19)20/h1-5,8,14H,6-7,9-10H2/t14-/m0/s1. The molecule has 22 heavy (non-hydrogen) atoms. The molecule has 2 aromatic rings. The summed E-state index contributed by atoms with van der Waals surface area (Å²) in [5.41, 5.74) is 0.787. The Bertz CT molecular complexity index is 673. The van der Waals surface area contributed by atoms with Crippen LogP contribution >= 0.6 is 0 Å². The first-order chi connectivity index (χ1) is 10.6. The van der Waals surface area contributed by atoms with Gasteiger partial charge in [0.2, 0.25) is 0 Å². The molecule has 3 rings (SSSR count). The van der Waals surface area contributed by atoms with E-state index in [1.807, 2.05) is 6.07 Å². The molecule has 0 aliphatic carbocycles. The molecule has 116 valence electrons. The second kappa shape index (κ2) is 6.25. The first-order valence-electron chi connectivity index (χ1n) is 6.94. The lowest BCUT2D eigenvalue weighted by Crippen LogP contribution is -2.37. The van der Waals surface area contributed by atoms with Crippen molar-refractivity contribution in [3.63, 3.8) is 0 Å². The van der Waals surface area contributed by atoms with Crippen LogP contribution in [0.1, 0.15) is 17.4 Å². The fourth-order valence-electron chi connectivity index (χ4n) is 2.52. The molecular weight excluding hydrogens is 291 g/mol. The molecule has 0 amide bonds. The van der Waals surface area contributed by atoms with E-state index < -0.39 is 4.92 Å². The van der Waals surface area contributed by atoms with Crippen LogP contribution in [0.25, 0.3) is 0 Å². The van der Waals surface area contributed by atoms with Crippen molar-refractivity contribution in [3.05, 3.63) is 63.7 Å². The number of furan rings is 1. The van der Waals surface area contributed by atoms with E-state index >= 15 is 0 Å². The minimum Gasteiger partial charge on any atom is -0.404 e. The summed E-state index contributed by atoms with van der Waals surface area (Å²) in [6, 6.07) is 9.29. The zero-order valence-electron chi connectivity index (χ0n) is 11.8. The zero-order valence-corrected chi connectivity index (χ0v) is 11.8. The highest BCUT2D eigenvalue weighted by molar-refractivity contribution is 5.20. The van der Waals surface area contributed by atoms with Gasteiger partial charge in [-0.3, -0.25) is 15.0 Å². The summed E-state index contributed by atoms with van der Waals surface area (Å²) in [4.78, 5) is 12.1. The Hall–Kier alpha value is -2.25. The largest absolute Gasteiger partial charge is 0.433 e. The van der Waals surface area contributed by atoms with Crippen molar-refractivity contribution < 1.29 is 18.5 Å². The van der Waals surface area contributed by atoms with Crippen molar-refractivity contribution in [2.24, 2.45) is 0 Å². The molecule has 6 nitrogen and oxygen atoms in total. The van der Waals surface area contributed by atoms with Gasteiger partial charge in [-0.25, -0.2) is 4.39 Å². The Morgan fingerprint density at radius 2 is 2.23 bits per heavy atom. The Balaban J connectivity index is 1.66. The van der Waals surface area contributed by atoms with Gasteiger partial charge >= 0.3 is 5.88 Å². The number of ether oxygens (including phenoxy) is 1. The van der Waals surface area contributed by atoms with Gasteiger partial charge in [0.15, 0.2) is 0 Å². The maximum atomic E-state index is 13.3. The van der Waals surface area contributed by atoms with Crippen LogP contribution < -0.4 is 0 Å². The van der Waals surface area contributed by atoms with Crippen molar-refractivity contribution in [1.82, 2.24) is 4.90 Å². The average Bonchev–Trinajstić information content (AvgIpc) is 2.96. The molecule has 0 N–H and O–H groups in total. The number of nitrogens with zero attached hydrogens (tertiary/aromatic N) is 2. The van der Waals surface area contributed by atoms with E-state index in [1.54, 1.807) is 12.1 Å². The maximum absolute atomic E-state index is 13.3. The summed E-state index contributed by atoms with van der Waals surface area (Å²) in [7, 11) is 0. The molecule has 1 aromatic carbocycles. The average molecular weight is 306 g/mol. The van der Waals surface area contributed by atoms with Crippen LogP contribution in [0.15, 0.2) is 40.8 Å². The number of hydrogen-bond acceptors (Lipinski definition) is 5. The quantitative estimate of drug-likeness (QED) is 0.641. The SMILES string of the molecule is O=[N+]([O-])c1ccc(CN2CCO[C@H](c3cccc(F)c3)C2)o1. The van der Waals surface area contributed by atoms with Gasteiger partial charge < -0.3 is 9.15 Å². The molecule has 2 heterocycles. The van der Waals surface area contributed by atoms with Crippen LogP contribution in [0.4, 0.5) is 10.3 Å². The van der Waals surface area contributed by atoms with Gasteiger partial charge in [-0.2, -0.15) is 0 Å². The van der Waals surface area contributed by atoms with E-state index in [0.29, 0.717) is 32.0 Å². The highest BCUT2D eigenvalue weighted by Gasteiger charge is 2.23. The molecule has 0 bridgehead atoms. The van der Waals surface area contributed by atoms with Gasteiger partial charge in [0.05, 0.1) is 25.3 Å². The lowest BCUT2D eigenvalue weighted by Gasteiger charge is -2.32. The summed E-state index contributed by atoms with van der Waals surface area (Å²) >= 11 is 0. The maximum Gasteiger partial charge on any atom is 0.433 e. The van der Waals surface area contributed by atoms with Gasteiger partial charge in [-0.05, 0) is 23.8 Å². The van der Waals surface area contributed by atoms with Crippen molar-refractivity contribution in [1.29, 1.82) is 0 Å². The minimum absolute atomic E-state index is 0.214. The number of rotatable bonds is 4. The van der Waals surface area contributed by atoms with Crippen LogP contribution in [0.5, 0.6) is 0 Å². The summed E-state index contributed by atoms with van der Waals surface area (Å²) in [5.74, 6) is -0.0172. The first-order valence-corrected chi connectivity index (χ1v) is 6.94. The normalized spacial score (nSPS) is 19.2. The molecule has 1 aliphatic rings. The monoisotopic (exact) mass is 306 g/mol. The third-order valence-electron chi connectivity index (χ3n) is 3.58. The second-order valence-corrected chi connectivity index (χ2v) is 5.15. The van der Waals surface area contributed by atoms with Crippen molar-refractivity contribution in [2.45, 2.75) is 12.6 Å². The lowest BCUT2D eigenvalue weighted by molar-refractivity contribution is -0.402. The molecule has 1 aliphatic heterocycles. The molecule has 1 atom stereocenters. The highest BCUT2D eigenvalue weighted by atomic mass is 19.1. The molecule has 1 saturated heterocycles. The highest BCUT2D eigenvalue weighted by Crippen LogP contribution is 2.25. The fourth-order valence-corrected chi connectivity index (χ4v) is 2.52. The van der Waals surface area contributed by atoms with Gasteiger partial charge in [-0.15, -0.1) is 0 Å². The van der Waals surface area contributed by atoms with Gasteiger partial charge in [0.1, 0.15) is 16.5 Å². The number of halogens is 1. The van der Waals surface area contributed by atoms with E-state index in [2.05, 4.69) is 4.90 Å². The molecule has 0 saturated carbocycles. The molecule has 0 radical (unpaired) electrons. The second-order valence-electron chi connectivity index (χ2n) is 5.15. The van der Waals surface area contributed by atoms with Crippen LogP contribution in [0, 0.1) is 15.9 Å². The number of hydrogen-bond donors (Lipinski definition) is 0. The first kappa shape index (κ1) is 14.7. The Labute approximate surface area is 126 Å². The summed E-state index contributed by atoms with van der Waals surface area (Å²) in [6.45, 7) is 2.26. The molecule has 1 fully saturated rings. The Kier molecular flexibility index (Phi) is 4.17. The fraction of sp³-hybridized carbons (Fsp3) is 0.333. The van der Waals surface area contributed by atoms with E-state index in [-0.39, 0.29) is 17.8 Å². The zero-order chi connectivity index (χ0) is 15.5. The number of morpholine rings is 1. The van der Waals surface area contributed by atoms with Crippen LogP contribution in [-0.4, -0.2) is 29.5 Å². The summed E-state index contributed by atoms with van der Waals surface area (Å²) in [6.07, 6.45) is -0.214. The molecule has 0 unspecified atom stereocenters. The van der Waals surface area contributed by atoms with E-state index in [1.165, 1.54) is 18.2 Å². The van der Waals surface area contributed by atoms with Crippen LogP contribution in [0.3, 0.4) is 0 Å². The third-order valence-corrected chi connectivity index (χ3v) is 3.58. The van der Waals surface area contributed by atoms with Crippen molar-refractivity contribution >= 4 is 5.88 Å². The molecular formula is C15H15FN2O4. The summed E-state index contributed by atoms with van der Waals surface area (Å²) < 4.78 is 24.1. The predicted molar refractivity (Wildman–Crippen MR) is 75.7 cm³/mol. The lowest BCUT2D eigenvalue weighted by atomic mass is 10.1.